The van der Waals surface area contributed by atoms with E-state index < -0.39 is 12.0 Å². The number of aryl methyl sites for hydroxylation is 1. The second-order valence-corrected chi connectivity index (χ2v) is 4.86. The fraction of sp³-hybridized carbons (Fsp3) is 0.500. The van der Waals surface area contributed by atoms with Crippen LogP contribution in [0.2, 0.25) is 0 Å². The number of unbranched alkanes of at least 4 members (excludes halogenated alkanes) is 1. The third-order valence-corrected chi connectivity index (χ3v) is 3.53. The molecule has 2 N–H and O–H groups in total. The molecule has 1 amide bonds. The van der Waals surface area contributed by atoms with Crippen LogP contribution in [0.4, 0.5) is 0 Å². The highest BCUT2D eigenvalue weighted by molar-refractivity contribution is 7.12. The summed E-state index contributed by atoms with van der Waals surface area (Å²) in [6, 6.07) is 1.06. The average Bonchev–Trinajstić information content (AvgIpc) is 2.70. The maximum Gasteiger partial charge on any atom is 0.326 e. The second kappa shape index (κ2) is 6.39. The Balaban J connectivity index is 2.64. The number of thiophene rings is 1. The molecule has 94 valence electrons. The molecular formula is C12H17NO3S. The molecule has 4 nitrogen and oxygen atoms in total. The van der Waals surface area contributed by atoms with Crippen molar-refractivity contribution in [3.8, 4) is 0 Å². The number of rotatable bonds is 6. The van der Waals surface area contributed by atoms with Crippen molar-refractivity contribution in [1.82, 2.24) is 5.32 Å². The summed E-state index contributed by atoms with van der Waals surface area (Å²) >= 11 is 1.33. The molecule has 0 radical (unpaired) electrons. The Kier molecular flexibility index (Phi) is 5.15. The van der Waals surface area contributed by atoms with Crippen LogP contribution in [0.1, 0.15) is 41.4 Å². The maximum absolute atomic E-state index is 11.8. The number of aliphatic carboxylic acids is 1. The van der Waals surface area contributed by atoms with Crippen LogP contribution in [0.25, 0.3) is 0 Å². The van der Waals surface area contributed by atoms with Gasteiger partial charge in [-0.1, -0.05) is 19.8 Å². The first-order chi connectivity index (χ1) is 8.06. The summed E-state index contributed by atoms with van der Waals surface area (Å²) in [5.74, 6) is -1.26. The molecule has 5 heteroatoms. The molecule has 0 bridgehead atoms. The van der Waals surface area contributed by atoms with Crippen LogP contribution in [0, 0.1) is 6.92 Å². The largest absolute Gasteiger partial charge is 0.480 e. The van der Waals surface area contributed by atoms with Crippen LogP contribution in [0.5, 0.6) is 0 Å². The van der Waals surface area contributed by atoms with E-state index in [0.29, 0.717) is 11.3 Å². The number of nitrogens with one attached hydrogen (secondary N) is 1. The van der Waals surface area contributed by atoms with E-state index in [9.17, 15) is 9.59 Å². The third kappa shape index (κ3) is 3.85. The van der Waals surface area contributed by atoms with Crippen molar-refractivity contribution in [2.24, 2.45) is 0 Å². The molecule has 1 atom stereocenters. The van der Waals surface area contributed by atoms with Gasteiger partial charge >= 0.3 is 5.97 Å². The SMILES string of the molecule is CCCCC(NC(=O)c1sccc1C)C(=O)O. The van der Waals surface area contributed by atoms with Crippen LogP contribution in [-0.4, -0.2) is 23.0 Å². The Morgan fingerprint density at radius 3 is 2.71 bits per heavy atom. The summed E-state index contributed by atoms with van der Waals surface area (Å²) in [4.78, 5) is 23.4. The van der Waals surface area contributed by atoms with E-state index in [4.69, 9.17) is 5.11 Å². The lowest BCUT2D eigenvalue weighted by atomic mass is 10.1. The number of amides is 1. The highest BCUT2D eigenvalue weighted by Crippen LogP contribution is 2.15. The minimum atomic E-state index is -0.971. The van der Waals surface area contributed by atoms with Crippen molar-refractivity contribution in [2.45, 2.75) is 39.2 Å². The van der Waals surface area contributed by atoms with Gasteiger partial charge < -0.3 is 10.4 Å². The van der Waals surface area contributed by atoms with Gasteiger partial charge in [0.05, 0.1) is 4.88 Å². The monoisotopic (exact) mass is 255 g/mol. The van der Waals surface area contributed by atoms with Crippen LogP contribution >= 0.6 is 11.3 Å². The van der Waals surface area contributed by atoms with Gasteiger partial charge in [0.2, 0.25) is 0 Å². The molecule has 1 rings (SSSR count). The normalized spacial score (nSPS) is 12.1. The number of carbonyl (C=O) groups is 2. The van der Waals surface area contributed by atoms with Gasteiger partial charge in [-0.2, -0.15) is 0 Å². The van der Waals surface area contributed by atoms with Crippen molar-refractivity contribution in [2.75, 3.05) is 0 Å². The smallest absolute Gasteiger partial charge is 0.326 e. The molecule has 17 heavy (non-hydrogen) atoms. The van der Waals surface area contributed by atoms with E-state index in [1.807, 2.05) is 25.3 Å². The molecule has 1 unspecified atom stereocenters. The van der Waals surface area contributed by atoms with E-state index in [2.05, 4.69) is 5.32 Å². The first kappa shape index (κ1) is 13.7. The zero-order valence-electron chi connectivity index (χ0n) is 10.0. The van der Waals surface area contributed by atoms with Crippen LogP contribution in [0.3, 0.4) is 0 Å². The van der Waals surface area contributed by atoms with E-state index in [-0.39, 0.29) is 5.91 Å². The molecule has 0 spiro atoms. The number of carboxylic acids is 1. The quantitative estimate of drug-likeness (QED) is 0.820. The summed E-state index contributed by atoms with van der Waals surface area (Å²) in [7, 11) is 0. The molecule has 0 saturated carbocycles. The fourth-order valence-electron chi connectivity index (χ4n) is 1.49. The lowest BCUT2D eigenvalue weighted by molar-refractivity contribution is -0.139. The molecule has 1 heterocycles. The van der Waals surface area contributed by atoms with Gasteiger partial charge in [-0.25, -0.2) is 4.79 Å². The summed E-state index contributed by atoms with van der Waals surface area (Å²) in [6.07, 6.45) is 2.18. The van der Waals surface area contributed by atoms with Crippen LogP contribution in [0.15, 0.2) is 11.4 Å². The summed E-state index contributed by atoms with van der Waals surface area (Å²) in [5.41, 5.74) is 0.882. The van der Waals surface area contributed by atoms with Gasteiger partial charge in [-0.05, 0) is 30.4 Å². The Labute approximate surface area is 105 Å². The number of hydrogen-bond acceptors (Lipinski definition) is 3. The first-order valence-corrected chi connectivity index (χ1v) is 6.52. The van der Waals surface area contributed by atoms with Gasteiger partial charge in [0.15, 0.2) is 0 Å². The van der Waals surface area contributed by atoms with E-state index >= 15 is 0 Å². The van der Waals surface area contributed by atoms with Gasteiger partial charge in [0.25, 0.3) is 5.91 Å². The van der Waals surface area contributed by atoms with Crippen molar-refractivity contribution >= 4 is 23.2 Å². The predicted octanol–water partition coefficient (Wildman–Crippen LogP) is 2.43. The molecule has 0 aromatic carbocycles. The zero-order valence-corrected chi connectivity index (χ0v) is 10.8. The topological polar surface area (TPSA) is 66.4 Å². The third-order valence-electron chi connectivity index (χ3n) is 2.52. The van der Waals surface area contributed by atoms with Gasteiger partial charge in [-0.3, -0.25) is 4.79 Å². The molecule has 0 aliphatic rings. The van der Waals surface area contributed by atoms with Crippen LogP contribution < -0.4 is 5.32 Å². The van der Waals surface area contributed by atoms with E-state index in [0.717, 1.165) is 18.4 Å². The summed E-state index contributed by atoms with van der Waals surface area (Å²) in [6.45, 7) is 3.83. The molecule has 1 aromatic rings. The highest BCUT2D eigenvalue weighted by atomic mass is 32.1. The lowest BCUT2D eigenvalue weighted by Crippen LogP contribution is -2.40. The molecule has 0 fully saturated rings. The predicted molar refractivity (Wildman–Crippen MR) is 67.5 cm³/mol. The van der Waals surface area contributed by atoms with Crippen LogP contribution in [-0.2, 0) is 4.79 Å². The molecular weight excluding hydrogens is 238 g/mol. The van der Waals surface area contributed by atoms with Crippen molar-refractivity contribution < 1.29 is 14.7 Å². The number of carbonyl (C=O) groups excluding carboxylic acids is 1. The zero-order chi connectivity index (χ0) is 12.8. The molecule has 0 aliphatic heterocycles. The van der Waals surface area contributed by atoms with E-state index in [1.165, 1.54) is 11.3 Å². The second-order valence-electron chi connectivity index (χ2n) is 3.94. The van der Waals surface area contributed by atoms with Gasteiger partial charge in [0.1, 0.15) is 6.04 Å². The highest BCUT2D eigenvalue weighted by Gasteiger charge is 2.21. The Bertz CT molecular complexity index is 400. The van der Waals surface area contributed by atoms with Gasteiger partial charge in [0, 0.05) is 0 Å². The van der Waals surface area contributed by atoms with Crippen molar-refractivity contribution in [3.05, 3.63) is 21.9 Å². The van der Waals surface area contributed by atoms with Crippen molar-refractivity contribution in [1.29, 1.82) is 0 Å². The summed E-state index contributed by atoms with van der Waals surface area (Å²) in [5, 5.41) is 13.4. The first-order valence-electron chi connectivity index (χ1n) is 5.64. The Hall–Kier alpha value is -1.36. The fourth-order valence-corrected chi connectivity index (χ4v) is 2.32. The number of carboxylic acid groups (broad SMARTS) is 1. The van der Waals surface area contributed by atoms with Gasteiger partial charge in [-0.15, -0.1) is 11.3 Å². The average molecular weight is 255 g/mol. The molecule has 0 saturated heterocycles. The number of hydrogen-bond donors (Lipinski definition) is 2. The summed E-state index contributed by atoms with van der Waals surface area (Å²) < 4.78 is 0. The van der Waals surface area contributed by atoms with Crippen molar-refractivity contribution in [3.63, 3.8) is 0 Å². The minimum Gasteiger partial charge on any atom is -0.480 e. The maximum atomic E-state index is 11.8. The Morgan fingerprint density at radius 2 is 2.24 bits per heavy atom. The minimum absolute atomic E-state index is 0.291. The standard InChI is InChI=1S/C12H17NO3S/c1-3-4-5-9(12(15)16)13-11(14)10-8(2)6-7-17-10/h6-7,9H,3-5H2,1-2H3,(H,13,14)(H,15,16). The lowest BCUT2D eigenvalue weighted by Gasteiger charge is -2.13. The molecule has 1 aromatic heterocycles. The van der Waals surface area contributed by atoms with E-state index in [1.54, 1.807) is 0 Å². The molecule has 0 aliphatic carbocycles. The Morgan fingerprint density at radius 1 is 1.53 bits per heavy atom.